The van der Waals surface area contributed by atoms with Crippen LogP contribution in [0.3, 0.4) is 0 Å². The molecule has 0 bridgehead atoms. The van der Waals surface area contributed by atoms with E-state index in [0.29, 0.717) is 0 Å². The zero-order valence-corrected chi connectivity index (χ0v) is 13.7. The van der Waals surface area contributed by atoms with Gasteiger partial charge in [-0.3, -0.25) is 0 Å². The van der Waals surface area contributed by atoms with Crippen LogP contribution in [0, 0.1) is 6.92 Å². The number of para-hydroxylation sites is 1. The van der Waals surface area contributed by atoms with Gasteiger partial charge in [0.1, 0.15) is 5.75 Å². The summed E-state index contributed by atoms with van der Waals surface area (Å²) in [6, 6.07) is 12.2. The van der Waals surface area contributed by atoms with Gasteiger partial charge in [-0.15, -0.1) is 0 Å². The van der Waals surface area contributed by atoms with Crippen molar-refractivity contribution in [1.29, 1.82) is 0 Å². The number of hydrogen-bond donors (Lipinski definition) is 1. The van der Waals surface area contributed by atoms with Crippen LogP contribution in [-0.4, -0.2) is 12.3 Å². The molecule has 0 saturated heterocycles. The molecule has 0 aliphatic carbocycles. The zero-order chi connectivity index (χ0) is 15.5. The van der Waals surface area contributed by atoms with Gasteiger partial charge in [0.2, 0.25) is 0 Å². The maximum Gasteiger partial charge on any atom is 0.187 e. The fourth-order valence-corrected chi connectivity index (χ4v) is 3.11. The number of methoxy groups -OCH3 is 1. The van der Waals surface area contributed by atoms with Crippen LogP contribution in [0.15, 0.2) is 45.8 Å². The first kappa shape index (κ1) is 14.8. The fourth-order valence-electron chi connectivity index (χ4n) is 2.30. The van der Waals surface area contributed by atoms with Crippen LogP contribution in [-0.2, 0) is 6.42 Å². The van der Waals surface area contributed by atoms with E-state index >= 15 is 0 Å². The highest BCUT2D eigenvalue weighted by atomic mass is 32.2. The minimum absolute atomic E-state index is 0.729. The molecule has 114 valence electrons. The number of hydrogen-bond acceptors (Lipinski definition) is 5. The van der Waals surface area contributed by atoms with Gasteiger partial charge in [-0.2, -0.15) is 0 Å². The lowest BCUT2D eigenvalue weighted by atomic mass is 10.2. The van der Waals surface area contributed by atoms with Crippen molar-refractivity contribution in [3.05, 3.63) is 47.5 Å². The molecule has 0 aliphatic heterocycles. The molecular formula is C17H18N2O2S. The molecule has 0 spiro atoms. The van der Waals surface area contributed by atoms with E-state index in [2.05, 4.69) is 28.9 Å². The molecule has 5 heteroatoms. The van der Waals surface area contributed by atoms with Crippen molar-refractivity contribution < 1.29 is 9.26 Å². The molecule has 2 aromatic carbocycles. The predicted octanol–water partition coefficient (Wildman–Crippen LogP) is 4.83. The predicted molar refractivity (Wildman–Crippen MR) is 90.6 cm³/mol. The van der Waals surface area contributed by atoms with E-state index in [9.17, 15) is 0 Å². The molecule has 3 rings (SSSR count). The summed E-state index contributed by atoms with van der Waals surface area (Å²) in [5.74, 6) is 1.58. The van der Waals surface area contributed by atoms with Gasteiger partial charge in [-0.1, -0.05) is 30.3 Å². The third-order valence-corrected chi connectivity index (χ3v) is 4.42. The maximum absolute atomic E-state index is 5.42. The van der Waals surface area contributed by atoms with Gasteiger partial charge in [-0.05, 0) is 54.6 Å². The van der Waals surface area contributed by atoms with Crippen molar-refractivity contribution in [2.75, 3.05) is 11.8 Å². The van der Waals surface area contributed by atoms with Crippen LogP contribution in [0.5, 0.6) is 5.75 Å². The maximum atomic E-state index is 5.42. The van der Waals surface area contributed by atoms with Crippen LogP contribution < -0.4 is 9.46 Å². The monoisotopic (exact) mass is 314 g/mol. The Hall–Kier alpha value is -2.14. The number of aryl methyl sites for hydroxylation is 2. The number of aromatic nitrogens is 1. The van der Waals surface area contributed by atoms with E-state index in [4.69, 9.17) is 9.26 Å². The molecule has 0 radical (unpaired) electrons. The minimum Gasteiger partial charge on any atom is -0.496 e. The van der Waals surface area contributed by atoms with Gasteiger partial charge < -0.3 is 14.0 Å². The Morgan fingerprint density at radius 3 is 2.91 bits per heavy atom. The van der Waals surface area contributed by atoms with Crippen LogP contribution in [0.2, 0.25) is 0 Å². The Bertz CT molecular complexity index is 798. The van der Waals surface area contributed by atoms with E-state index in [0.717, 1.165) is 39.4 Å². The van der Waals surface area contributed by atoms with Gasteiger partial charge in [-0.25, -0.2) is 0 Å². The Morgan fingerprint density at radius 2 is 2.14 bits per heavy atom. The summed E-state index contributed by atoms with van der Waals surface area (Å²) in [5.41, 5.74) is 3.17. The Morgan fingerprint density at radius 1 is 1.27 bits per heavy atom. The van der Waals surface area contributed by atoms with Gasteiger partial charge in [0.25, 0.3) is 0 Å². The average molecular weight is 314 g/mol. The highest BCUT2D eigenvalue weighted by molar-refractivity contribution is 8.00. The van der Waals surface area contributed by atoms with Crippen molar-refractivity contribution in [1.82, 2.24) is 5.16 Å². The first-order valence-corrected chi connectivity index (χ1v) is 7.99. The third-order valence-electron chi connectivity index (χ3n) is 3.59. The topological polar surface area (TPSA) is 47.3 Å². The zero-order valence-electron chi connectivity index (χ0n) is 12.8. The normalized spacial score (nSPS) is 10.9. The molecule has 1 N–H and O–H groups in total. The summed E-state index contributed by atoms with van der Waals surface area (Å²) in [6.45, 7) is 4.15. The number of benzene rings is 2. The first-order chi connectivity index (χ1) is 10.7. The molecule has 0 unspecified atom stereocenters. The molecule has 3 aromatic rings. The second-order valence-corrected chi connectivity index (χ2v) is 5.87. The lowest BCUT2D eigenvalue weighted by Crippen LogP contribution is -1.93. The van der Waals surface area contributed by atoms with Gasteiger partial charge >= 0.3 is 0 Å². The lowest BCUT2D eigenvalue weighted by Gasteiger charge is -2.09. The highest BCUT2D eigenvalue weighted by Crippen LogP contribution is 2.33. The summed E-state index contributed by atoms with van der Waals surface area (Å²) in [6.07, 6.45) is 0.990. The van der Waals surface area contributed by atoms with Gasteiger partial charge in [0.05, 0.1) is 17.4 Å². The average Bonchev–Trinajstić information content (AvgIpc) is 2.97. The molecule has 0 aliphatic rings. The number of nitrogens with one attached hydrogen (secondary N) is 1. The highest BCUT2D eigenvalue weighted by Gasteiger charge is 2.11. The summed E-state index contributed by atoms with van der Waals surface area (Å²) in [5, 5.41) is 5.11. The van der Waals surface area contributed by atoms with Crippen LogP contribution in [0.25, 0.3) is 11.0 Å². The molecule has 4 nitrogen and oxygen atoms in total. The molecule has 0 amide bonds. The molecule has 0 atom stereocenters. The van der Waals surface area contributed by atoms with Gasteiger partial charge in [0.15, 0.2) is 11.4 Å². The summed E-state index contributed by atoms with van der Waals surface area (Å²) >= 11 is 1.48. The lowest BCUT2D eigenvalue weighted by molar-refractivity contribution is 0.404. The third kappa shape index (κ3) is 2.76. The van der Waals surface area contributed by atoms with Gasteiger partial charge in [0, 0.05) is 0 Å². The smallest absolute Gasteiger partial charge is 0.187 e. The minimum atomic E-state index is 0.729. The van der Waals surface area contributed by atoms with E-state index in [1.165, 1.54) is 17.5 Å². The number of ether oxygens (including phenoxy) is 1. The fraction of sp³-hybridized carbons (Fsp3) is 0.235. The molecule has 1 heterocycles. The van der Waals surface area contributed by atoms with E-state index in [-0.39, 0.29) is 0 Å². The Labute approximate surface area is 134 Å². The largest absolute Gasteiger partial charge is 0.496 e. The second kappa shape index (κ2) is 6.32. The van der Waals surface area contributed by atoms with Crippen molar-refractivity contribution in [3.8, 4) is 5.75 Å². The Kier molecular flexibility index (Phi) is 4.24. The number of nitrogens with zero attached hydrogens (tertiary/aromatic N) is 1. The number of rotatable bonds is 5. The molecule has 1 aromatic heterocycles. The second-order valence-electron chi connectivity index (χ2n) is 5.03. The Balaban J connectivity index is 1.86. The van der Waals surface area contributed by atoms with E-state index in [1.807, 2.05) is 31.2 Å². The van der Waals surface area contributed by atoms with Crippen LogP contribution in [0.4, 0.5) is 5.82 Å². The van der Waals surface area contributed by atoms with Crippen molar-refractivity contribution in [2.45, 2.75) is 25.2 Å². The number of fused-ring (bicyclic) bond motifs is 1. The molecule has 22 heavy (non-hydrogen) atoms. The summed E-state index contributed by atoms with van der Waals surface area (Å²) in [4.78, 5) is 1.03. The number of anilines is 1. The quantitative estimate of drug-likeness (QED) is 0.684. The van der Waals surface area contributed by atoms with Crippen LogP contribution >= 0.6 is 11.9 Å². The molecule has 0 fully saturated rings. The molecular weight excluding hydrogens is 296 g/mol. The van der Waals surface area contributed by atoms with Crippen molar-refractivity contribution in [2.24, 2.45) is 0 Å². The summed E-state index contributed by atoms with van der Waals surface area (Å²) in [7, 11) is 1.68. The van der Waals surface area contributed by atoms with Crippen molar-refractivity contribution in [3.63, 3.8) is 0 Å². The first-order valence-electron chi connectivity index (χ1n) is 7.17. The van der Waals surface area contributed by atoms with Crippen LogP contribution in [0.1, 0.15) is 18.1 Å². The molecule has 0 saturated carbocycles. The van der Waals surface area contributed by atoms with Crippen molar-refractivity contribution >= 4 is 28.7 Å². The standard InChI is InChI=1S/C17H18N2O2S/c1-4-12-8-9-14(20-3)15(10-12)22-19-17-13-7-5-6-11(2)16(13)21-18-17/h5-10H,4H2,1-3H3,(H,18,19). The van der Waals surface area contributed by atoms with E-state index < -0.39 is 0 Å². The SMILES string of the molecule is CCc1ccc(OC)c(SNc2noc3c(C)cccc23)c1. The summed E-state index contributed by atoms with van der Waals surface area (Å²) < 4.78 is 14.1. The van der Waals surface area contributed by atoms with E-state index in [1.54, 1.807) is 7.11 Å².